The van der Waals surface area contributed by atoms with E-state index in [2.05, 4.69) is 0 Å². The Morgan fingerprint density at radius 2 is 1.93 bits per heavy atom. The topological polar surface area (TPSA) is 49.0 Å². The van der Waals surface area contributed by atoms with Crippen LogP contribution in [-0.2, 0) is 11.0 Å². The zero-order valence-electron chi connectivity index (χ0n) is 15.0. The Morgan fingerprint density at radius 3 is 2.48 bits per heavy atom. The van der Waals surface area contributed by atoms with Gasteiger partial charge in [-0.25, -0.2) is 0 Å². The van der Waals surface area contributed by atoms with Crippen molar-refractivity contribution in [2.45, 2.75) is 26.4 Å². The van der Waals surface area contributed by atoms with Gasteiger partial charge in [-0.3, -0.25) is 4.79 Å². The van der Waals surface area contributed by atoms with Gasteiger partial charge in [-0.05, 0) is 56.2 Å². The molecule has 3 rings (SSSR count). The normalized spacial score (nSPS) is 14.7. The van der Waals surface area contributed by atoms with Crippen molar-refractivity contribution in [2.24, 2.45) is 0 Å². The number of aryl methyl sites for hydroxylation is 1. The summed E-state index contributed by atoms with van der Waals surface area (Å²) in [6.07, 6.45) is -1.99. The van der Waals surface area contributed by atoms with Gasteiger partial charge in [0, 0.05) is 30.2 Å². The Balaban J connectivity index is 2.02. The number of likely N-dealkylation sites (tertiary alicyclic amines) is 1. The summed E-state index contributed by atoms with van der Waals surface area (Å²) >= 11 is 0. The van der Waals surface area contributed by atoms with E-state index in [1.54, 1.807) is 35.4 Å². The molecule has 1 fully saturated rings. The molecule has 0 atom stereocenters. The highest BCUT2D eigenvalue weighted by atomic mass is 19.4. The number of nitrogens with zero attached hydrogens (tertiary/aromatic N) is 3. The van der Waals surface area contributed by atoms with Crippen molar-refractivity contribution in [2.75, 3.05) is 13.1 Å². The van der Waals surface area contributed by atoms with E-state index < -0.39 is 11.7 Å². The van der Waals surface area contributed by atoms with Gasteiger partial charge >= 0.3 is 6.18 Å². The highest BCUT2D eigenvalue weighted by Gasteiger charge is 2.30. The molecule has 0 aliphatic carbocycles. The average molecular weight is 373 g/mol. The zero-order valence-corrected chi connectivity index (χ0v) is 15.0. The van der Waals surface area contributed by atoms with Gasteiger partial charge in [0.15, 0.2) is 0 Å². The number of hydrogen-bond acceptors (Lipinski definition) is 2. The molecule has 4 nitrogen and oxygen atoms in total. The molecule has 1 saturated heterocycles. The molecule has 1 aliphatic heterocycles. The Kier molecular flexibility index (Phi) is 4.83. The molecule has 1 amide bonds. The minimum atomic E-state index is -4.43. The number of alkyl halides is 3. The van der Waals surface area contributed by atoms with Crippen LogP contribution in [0.1, 0.15) is 28.9 Å². The van der Waals surface area contributed by atoms with Gasteiger partial charge in [0.25, 0.3) is 5.91 Å². The average Bonchev–Trinajstić information content (AvgIpc) is 2.84. The number of nitriles is 1. The van der Waals surface area contributed by atoms with E-state index in [9.17, 15) is 23.2 Å². The largest absolute Gasteiger partial charge is 0.416 e. The summed E-state index contributed by atoms with van der Waals surface area (Å²) in [7, 11) is 0. The molecule has 0 unspecified atom stereocenters. The van der Waals surface area contributed by atoms with E-state index >= 15 is 0 Å². The van der Waals surface area contributed by atoms with Crippen molar-refractivity contribution in [1.29, 1.82) is 5.26 Å². The summed E-state index contributed by atoms with van der Waals surface area (Å²) in [5, 5.41) is 9.34. The van der Waals surface area contributed by atoms with Crippen LogP contribution in [-0.4, -0.2) is 28.5 Å². The van der Waals surface area contributed by atoms with E-state index in [-0.39, 0.29) is 11.5 Å². The third-order valence-electron chi connectivity index (χ3n) is 4.70. The fourth-order valence-corrected chi connectivity index (χ4v) is 3.14. The molecule has 2 aromatic rings. The second kappa shape index (κ2) is 6.95. The molecule has 0 spiro atoms. The fourth-order valence-electron chi connectivity index (χ4n) is 3.14. The zero-order chi connectivity index (χ0) is 19.8. The van der Waals surface area contributed by atoms with E-state index in [1.165, 1.54) is 12.1 Å². The number of hydrogen-bond donors (Lipinski definition) is 0. The number of halogens is 3. The summed E-state index contributed by atoms with van der Waals surface area (Å²) in [6.45, 7) is 4.80. The summed E-state index contributed by atoms with van der Waals surface area (Å²) < 4.78 is 40.7. The smallest absolute Gasteiger partial charge is 0.338 e. The summed E-state index contributed by atoms with van der Waals surface area (Å²) in [5.74, 6) is -0.312. The Morgan fingerprint density at radius 1 is 1.22 bits per heavy atom. The van der Waals surface area contributed by atoms with Crippen LogP contribution in [0.5, 0.6) is 0 Å². The SMILES string of the molecule is Cc1cc(/C=C(\C#N)C(=O)N2CCC2)c(C)n1-c1cccc(C(F)(F)F)c1. The highest BCUT2D eigenvalue weighted by Crippen LogP contribution is 2.31. The van der Waals surface area contributed by atoms with Crippen LogP contribution in [0.15, 0.2) is 35.9 Å². The lowest BCUT2D eigenvalue weighted by Gasteiger charge is -2.30. The molecule has 0 N–H and O–H groups in total. The third kappa shape index (κ3) is 3.61. The Bertz CT molecular complexity index is 960. The summed E-state index contributed by atoms with van der Waals surface area (Å²) in [6, 6.07) is 8.77. The van der Waals surface area contributed by atoms with Crippen molar-refractivity contribution in [1.82, 2.24) is 9.47 Å². The van der Waals surface area contributed by atoms with Crippen molar-refractivity contribution >= 4 is 12.0 Å². The van der Waals surface area contributed by atoms with Gasteiger partial charge in [0.2, 0.25) is 0 Å². The maximum Gasteiger partial charge on any atom is 0.416 e. The first-order chi connectivity index (χ1) is 12.7. The third-order valence-corrected chi connectivity index (χ3v) is 4.70. The molecule has 1 aromatic carbocycles. The monoisotopic (exact) mass is 373 g/mol. The maximum absolute atomic E-state index is 13.0. The van der Waals surface area contributed by atoms with E-state index in [1.807, 2.05) is 6.07 Å². The molecule has 1 aliphatic rings. The van der Waals surface area contributed by atoms with Crippen LogP contribution in [0.25, 0.3) is 11.8 Å². The molecule has 140 valence electrons. The van der Waals surface area contributed by atoms with Gasteiger partial charge in [-0.1, -0.05) is 6.07 Å². The number of rotatable bonds is 3. The molecular formula is C20H18F3N3O. The molecule has 1 aromatic heterocycles. The van der Waals surface area contributed by atoms with E-state index in [0.717, 1.165) is 18.6 Å². The van der Waals surface area contributed by atoms with Crippen LogP contribution in [0.3, 0.4) is 0 Å². The lowest BCUT2D eigenvalue weighted by molar-refractivity contribution is -0.137. The Labute approximate surface area is 155 Å². The van der Waals surface area contributed by atoms with Crippen molar-refractivity contribution < 1.29 is 18.0 Å². The molecule has 0 bridgehead atoms. The number of aromatic nitrogens is 1. The van der Waals surface area contributed by atoms with Crippen LogP contribution in [0, 0.1) is 25.2 Å². The highest BCUT2D eigenvalue weighted by molar-refractivity contribution is 6.02. The standard InChI is InChI=1S/C20H18F3N3O/c1-13-9-15(10-16(12-24)19(27)25-7-4-8-25)14(2)26(13)18-6-3-5-17(11-18)20(21,22)23/h3,5-6,9-11H,4,7-8H2,1-2H3/b16-10+. The van der Waals surface area contributed by atoms with E-state index in [4.69, 9.17) is 0 Å². The summed E-state index contributed by atoms with van der Waals surface area (Å²) in [5.41, 5.74) is 1.69. The first kappa shape index (κ1) is 18.8. The quantitative estimate of drug-likeness (QED) is 0.596. The summed E-state index contributed by atoms with van der Waals surface area (Å²) in [4.78, 5) is 13.9. The molecular weight excluding hydrogens is 355 g/mol. The lowest BCUT2D eigenvalue weighted by Crippen LogP contribution is -2.42. The van der Waals surface area contributed by atoms with Gasteiger partial charge in [-0.2, -0.15) is 18.4 Å². The second-order valence-electron chi connectivity index (χ2n) is 6.53. The molecule has 0 radical (unpaired) electrons. The fraction of sp³-hybridized carbons (Fsp3) is 0.300. The lowest BCUT2D eigenvalue weighted by atomic mass is 10.1. The molecule has 27 heavy (non-hydrogen) atoms. The number of carbonyl (C=O) groups excluding carboxylic acids is 1. The van der Waals surface area contributed by atoms with Crippen molar-refractivity contribution in [3.05, 3.63) is 58.4 Å². The van der Waals surface area contributed by atoms with Crippen molar-refractivity contribution in [3.63, 3.8) is 0 Å². The molecule has 2 heterocycles. The molecule has 7 heteroatoms. The van der Waals surface area contributed by atoms with Crippen LogP contribution < -0.4 is 0 Å². The molecule has 0 saturated carbocycles. The maximum atomic E-state index is 13.0. The first-order valence-electron chi connectivity index (χ1n) is 8.50. The number of benzene rings is 1. The van der Waals surface area contributed by atoms with Gasteiger partial charge in [0.05, 0.1) is 5.56 Å². The van der Waals surface area contributed by atoms with Gasteiger partial charge in [-0.15, -0.1) is 0 Å². The van der Waals surface area contributed by atoms with Crippen LogP contribution in [0.4, 0.5) is 13.2 Å². The van der Waals surface area contributed by atoms with Crippen LogP contribution >= 0.6 is 0 Å². The van der Waals surface area contributed by atoms with Crippen LogP contribution in [0.2, 0.25) is 0 Å². The first-order valence-corrected chi connectivity index (χ1v) is 8.50. The number of carbonyl (C=O) groups is 1. The van der Waals surface area contributed by atoms with Gasteiger partial charge < -0.3 is 9.47 Å². The van der Waals surface area contributed by atoms with Crippen molar-refractivity contribution in [3.8, 4) is 11.8 Å². The Hall–Kier alpha value is -3.01. The van der Waals surface area contributed by atoms with Gasteiger partial charge in [0.1, 0.15) is 11.6 Å². The van der Waals surface area contributed by atoms with E-state index in [0.29, 0.717) is 35.7 Å². The minimum Gasteiger partial charge on any atom is -0.338 e. The minimum absolute atomic E-state index is 0.0268. The predicted octanol–water partition coefficient (Wildman–Crippen LogP) is 4.25. The second-order valence-corrected chi connectivity index (χ2v) is 6.53. The predicted molar refractivity (Wildman–Crippen MR) is 95.0 cm³/mol. The number of amides is 1.